The monoisotopic (exact) mass is 474 g/mol. The molecule has 1 amide bonds. The standard InChI is InChI=1S/C28H27ClN2O3/c1-4-33-26-16-22(15-25(29)27(26)34-18-21-12-10-19(2)11-13-21)14-24(17-30)28(32)31-20(3)23-8-6-5-7-9-23/h5-16,20H,4,18H2,1-3H3,(H,31,32)/b24-14-/t20-/m0/s1. The number of amides is 1. The molecule has 0 aliphatic heterocycles. The lowest BCUT2D eigenvalue weighted by Crippen LogP contribution is -2.27. The van der Waals surface area contributed by atoms with Gasteiger partial charge in [-0.2, -0.15) is 5.26 Å². The fourth-order valence-corrected chi connectivity index (χ4v) is 3.60. The molecule has 3 aromatic carbocycles. The zero-order valence-corrected chi connectivity index (χ0v) is 20.2. The summed E-state index contributed by atoms with van der Waals surface area (Å²) < 4.78 is 11.7. The second-order valence-electron chi connectivity index (χ2n) is 7.81. The van der Waals surface area contributed by atoms with Crippen molar-refractivity contribution >= 4 is 23.6 Å². The van der Waals surface area contributed by atoms with Gasteiger partial charge in [0.15, 0.2) is 11.5 Å². The topological polar surface area (TPSA) is 71.3 Å². The van der Waals surface area contributed by atoms with Gasteiger partial charge in [-0.15, -0.1) is 0 Å². The molecule has 0 aliphatic carbocycles. The SMILES string of the molecule is CCOc1cc(/C=C(/C#N)C(=O)N[C@@H](C)c2ccccc2)cc(Cl)c1OCc1ccc(C)cc1. The molecule has 0 radical (unpaired) electrons. The number of hydrogen-bond donors (Lipinski definition) is 1. The van der Waals surface area contributed by atoms with Gasteiger partial charge in [-0.3, -0.25) is 4.79 Å². The number of nitrogens with zero attached hydrogens (tertiary/aromatic N) is 1. The second kappa shape index (κ2) is 11.9. The van der Waals surface area contributed by atoms with E-state index in [1.54, 1.807) is 12.1 Å². The predicted molar refractivity (Wildman–Crippen MR) is 135 cm³/mol. The maximum atomic E-state index is 12.7. The number of carbonyl (C=O) groups excluding carboxylic acids is 1. The molecule has 0 spiro atoms. The Balaban J connectivity index is 1.81. The number of carbonyl (C=O) groups is 1. The molecule has 3 aromatic rings. The van der Waals surface area contributed by atoms with Crippen molar-refractivity contribution in [3.8, 4) is 17.6 Å². The summed E-state index contributed by atoms with van der Waals surface area (Å²) in [5.41, 5.74) is 3.65. The Morgan fingerprint density at radius 1 is 1.12 bits per heavy atom. The third kappa shape index (κ3) is 6.63. The summed E-state index contributed by atoms with van der Waals surface area (Å²) in [6.45, 7) is 6.49. The van der Waals surface area contributed by atoms with Crippen LogP contribution in [-0.4, -0.2) is 12.5 Å². The minimum absolute atomic E-state index is 0.0328. The van der Waals surface area contributed by atoms with Crippen LogP contribution in [0.15, 0.2) is 72.3 Å². The average molecular weight is 475 g/mol. The highest BCUT2D eigenvalue weighted by atomic mass is 35.5. The van der Waals surface area contributed by atoms with Gasteiger partial charge in [0.2, 0.25) is 0 Å². The summed E-state index contributed by atoms with van der Waals surface area (Å²) >= 11 is 6.51. The fraction of sp³-hybridized carbons (Fsp3) is 0.214. The molecule has 0 unspecified atom stereocenters. The van der Waals surface area contributed by atoms with Crippen molar-refractivity contribution in [3.05, 3.63) is 99.6 Å². The van der Waals surface area contributed by atoms with Crippen molar-refractivity contribution in [2.24, 2.45) is 0 Å². The van der Waals surface area contributed by atoms with Crippen LogP contribution in [0, 0.1) is 18.3 Å². The largest absolute Gasteiger partial charge is 0.490 e. The van der Waals surface area contributed by atoms with Crippen molar-refractivity contribution < 1.29 is 14.3 Å². The number of aryl methyl sites for hydroxylation is 1. The zero-order valence-electron chi connectivity index (χ0n) is 19.5. The second-order valence-corrected chi connectivity index (χ2v) is 8.22. The first-order valence-corrected chi connectivity index (χ1v) is 11.4. The Kier molecular flexibility index (Phi) is 8.73. The van der Waals surface area contributed by atoms with Crippen LogP contribution < -0.4 is 14.8 Å². The summed E-state index contributed by atoms with van der Waals surface area (Å²) in [5.74, 6) is 0.401. The molecule has 1 N–H and O–H groups in total. The predicted octanol–water partition coefficient (Wildman–Crippen LogP) is 6.41. The maximum absolute atomic E-state index is 12.7. The van der Waals surface area contributed by atoms with E-state index in [0.29, 0.717) is 35.3 Å². The van der Waals surface area contributed by atoms with E-state index < -0.39 is 5.91 Å². The van der Waals surface area contributed by atoms with Gasteiger partial charge in [0, 0.05) is 0 Å². The van der Waals surface area contributed by atoms with Gasteiger partial charge in [-0.1, -0.05) is 71.8 Å². The molecule has 0 heterocycles. The molecule has 34 heavy (non-hydrogen) atoms. The highest BCUT2D eigenvalue weighted by Crippen LogP contribution is 2.38. The minimum atomic E-state index is -0.465. The van der Waals surface area contributed by atoms with Crippen molar-refractivity contribution in [2.75, 3.05) is 6.61 Å². The third-order valence-corrected chi connectivity index (χ3v) is 5.44. The first-order valence-electron chi connectivity index (χ1n) is 11.0. The number of halogens is 1. The Labute approximate surface area is 205 Å². The molecule has 0 aliphatic rings. The van der Waals surface area contributed by atoms with E-state index in [9.17, 15) is 10.1 Å². The highest BCUT2D eigenvalue weighted by Gasteiger charge is 2.16. The summed E-state index contributed by atoms with van der Waals surface area (Å²) in [7, 11) is 0. The van der Waals surface area contributed by atoms with Gasteiger partial charge >= 0.3 is 0 Å². The van der Waals surface area contributed by atoms with Crippen LogP contribution >= 0.6 is 11.6 Å². The van der Waals surface area contributed by atoms with Gasteiger partial charge in [0.25, 0.3) is 5.91 Å². The van der Waals surface area contributed by atoms with Crippen LogP contribution in [0.4, 0.5) is 0 Å². The zero-order chi connectivity index (χ0) is 24.5. The molecule has 174 valence electrons. The Morgan fingerprint density at radius 3 is 2.47 bits per heavy atom. The molecule has 0 fully saturated rings. The van der Waals surface area contributed by atoms with Gasteiger partial charge in [-0.05, 0) is 55.7 Å². The van der Waals surface area contributed by atoms with Crippen LogP contribution in [0.25, 0.3) is 6.08 Å². The molecule has 0 bridgehead atoms. The molecule has 6 heteroatoms. The fourth-order valence-electron chi connectivity index (χ4n) is 3.33. The molecule has 1 atom stereocenters. The average Bonchev–Trinajstić information content (AvgIpc) is 2.83. The lowest BCUT2D eigenvalue weighted by Gasteiger charge is -2.15. The lowest BCUT2D eigenvalue weighted by atomic mass is 10.1. The summed E-state index contributed by atoms with van der Waals surface area (Å²) in [6.07, 6.45) is 1.49. The number of ether oxygens (including phenoxy) is 2. The van der Waals surface area contributed by atoms with E-state index in [1.807, 2.05) is 81.4 Å². The van der Waals surface area contributed by atoms with E-state index in [1.165, 1.54) is 11.6 Å². The quantitative estimate of drug-likeness (QED) is 0.287. The van der Waals surface area contributed by atoms with Crippen molar-refractivity contribution in [1.29, 1.82) is 5.26 Å². The van der Waals surface area contributed by atoms with E-state index in [0.717, 1.165) is 11.1 Å². The summed E-state index contributed by atoms with van der Waals surface area (Å²) in [4.78, 5) is 12.7. The van der Waals surface area contributed by atoms with Crippen LogP contribution in [0.2, 0.25) is 5.02 Å². The number of benzene rings is 3. The van der Waals surface area contributed by atoms with Gasteiger partial charge in [0.05, 0.1) is 17.7 Å². The van der Waals surface area contributed by atoms with Crippen LogP contribution in [0.5, 0.6) is 11.5 Å². The van der Waals surface area contributed by atoms with Gasteiger partial charge < -0.3 is 14.8 Å². The molecular formula is C28H27ClN2O3. The number of nitrogens with one attached hydrogen (secondary N) is 1. The molecule has 0 aromatic heterocycles. The van der Waals surface area contributed by atoms with Crippen molar-refractivity contribution in [1.82, 2.24) is 5.32 Å². The summed E-state index contributed by atoms with van der Waals surface area (Å²) in [5, 5.41) is 12.8. The smallest absolute Gasteiger partial charge is 0.262 e. The van der Waals surface area contributed by atoms with Crippen LogP contribution in [0.1, 0.15) is 42.1 Å². The minimum Gasteiger partial charge on any atom is -0.490 e. The van der Waals surface area contributed by atoms with Crippen LogP contribution in [0.3, 0.4) is 0 Å². The maximum Gasteiger partial charge on any atom is 0.262 e. The van der Waals surface area contributed by atoms with E-state index in [-0.39, 0.29) is 11.6 Å². The molecule has 3 rings (SSSR count). The number of hydrogen-bond acceptors (Lipinski definition) is 4. The Hall–Kier alpha value is -3.75. The molecular weight excluding hydrogens is 448 g/mol. The van der Waals surface area contributed by atoms with E-state index >= 15 is 0 Å². The summed E-state index contributed by atoms with van der Waals surface area (Å²) in [6, 6.07) is 22.7. The first kappa shape index (κ1) is 24.9. The highest BCUT2D eigenvalue weighted by molar-refractivity contribution is 6.32. The van der Waals surface area contributed by atoms with Gasteiger partial charge in [0.1, 0.15) is 18.2 Å². The Bertz CT molecular complexity index is 1200. The molecule has 0 saturated heterocycles. The van der Waals surface area contributed by atoms with Crippen molar-refractivity contribution in [3.63, 3.8) is 0 Å². The normalized spacial score (nSPS) is 11.9. The van der Waals surface area contributed by atoms with E-state index in [4.69, 9.17) is 21.1 Å². The lowest BCUT2D eigenvalue weighted by molar-refractivity contribution is -0.117. The van der Waals surface area contributed by atoms with Crippen LogP contribution in [-0.2, 0) is 11.4 Å². The third-order valence-electron chi connectivity index (χ3n) is 5.16. The van der Waals surface area contributed by atoms with E-state index in [2.05, 4.69) is 5.32 Å². The number of rotatable bonds is 9. The Morgan fingerprint density at radius 2 is 1.82 bits per heavy atom. The molecule has 0 saturated carbocycles. The molecule has 5 nitrogen and oxygen atoms in total. The number of nitriles is 1. The van der Waals surface area contributed by atoms with Crippen molar-refractivity contribution in [2.45, 2.75) is 33.4 Å². The van der Waals surface area contributed by atoms with Gasteiger partial charge in [-0.25, -0.2) is 0 Å². The first-order chi connectivity index (χ1) is 16.4.